The van der Waals surface area contributed by atoms with Crippen LogP contribution in [-0.2, 0) is 25.7 Å². The Bertz CT molecular complexity index is 870. The zero-order valence-corrected chi connectivity index (χ0v) is 16.4. The highest BCUT2D eigenvalue weighted by Gasteiger charge is 2.33. The number of nitrogens with zero attached hydrogens (tertiary/aromatic N) is 1. The number of rotatable bonds is 7. The van der Waals surface area contributed by atoms with E-state index in [1.54, 1.807) is 5.51 Å². The summed E-state index contributed by atoms with van der Waals surface area (Å²) in [6.45, 7) is 0.481. The Morgan fingerprint density at radius 1 is 1.28 bits per heavy atom. The predicted octanol–water partition coefficient (Wildman–Crippen LogP) is 2.17. The summed E-state index contributed by atoms with van der Waals surface area (Å²) in [7, 11) is 0. The molecule has 152 valence electrons. The molecule has 0 aliphatic carbocycles. The quantitative estimate of drug-likeness (QED) is 0.670. The van der Waals surface area contributed by atoms with Crippen LogP contribution in [0.1, 0.15) is 35.7 Å². The number of carbonyl (C=O) groups is 4. The molecule has 29 heavy (non-hydrogen) atoms. The van der Waals surface area contributed by atoms with Gasteiger partial charge < -0.3 is 15.4 Å². The summed E-state index contributed by atoms with van der Waals surface area (Å²) in [4.78, 5) is 53.6. The number of benzene rings is 1. The van der Waals surface area contributed by atoms with Crippen LogP contribution in [0.4, 0.5) is 4.79 Å². The number of nitrogens with one attached hydrogen (secondary N) is 2. The minimum atomic E-state index is -0.982. The van der Waals surface area contributed by atoms with Gasteiger partial charge in [0.1, 0.15) is 12.6 Å². The number of hydrogen-bond acceptors (Lipinski definition) is 7. The molecule has 1 aromatic heterocycles. The third kappa shape index (κ3) is 5.71. The van der Waals surface area contributed by atoms with Crippen molar-refractivity contribution in [3.8, 4) is 0 Å². The SMILES string of the molecule is O=C(NC(C(=O)CC1CCCNC(=O)C1=O)c1cncs1)OCc1ccccc1. The van der Waals surface area contributed by atoms with Gasteiger partial charge in [0.05, 0.1) is 10.4 Å². The molecule has 0 bridgehead atoms. The molecule has 2 aromatic rings. The summed E-state index contributed by atoms with van der Waals surface area (Å²) in [6, 6.07) is 8.19. The summed E-state index contributed by atoms with van der Waals surface area (Å²) in [6.07, 6.45) is 1.68. The highest BCUT2D eigenvalue weighted by molar-refractivity contribution is 7.09. The number of hydrogen-bond donors (Lipinski definition) is 2. The van der Waals surface area contributed by atoms with E-state index in [0.29, 0.717) is 24.3 Å². The van der Waals surface area contributed by atoms with E-state index in [1.165, 1.54) is 17.5 Å². The fourth-order valence-electron chi connectivity index (χ4n) is 3.07. The van der Waals surface area contributed by atoms with Crippen LogP contribution in [-0.4, -0.2) is 35.1 Å². The van der Waals surface area contributed by atoms with Crippen molar-refractivity contribution in [3.63, 3.8) is 0 Å². The van der Waals surface area contributed by atoms with Crippen molar-refractivity contribution in [2.45, 2.75) is 31.9 Å². The van der Waals surface area contributed by atoms with Crippen LogP contribution >= 0.6 is 11.3 Å². The zero-order valence-electron chi connectivity index (χ0n) is 15.6. The Morgan fingerprint density at radius 3 is 2.79 bits per heavy atom. The van der Waals surface area contributed by atoms with Crippen LogP contribution in [0.3, 0.4) is 0 Å². The lowest BCUT2D eigenvalue weighted by atomic mass is 9.91. The first-order valence-electron chi connectivity index (χ1n) is 9.25. The van der Waals surface area contributed by atoms with Crippen molar-refractivity contribution in [3.05, 3.63) is 52.5 Å². The first-order chi connectivity index (χ1) is 14.0. The van der Waals surface area contributed by atoms with E-state index in [0.717, 1.165) is 5.56 Å². The van der Waals surface area contributed by atoms with Crippen molar-refractivity contribution < 1.29 is 23.9 Å². The Morgan fingerprint density at radius 2 is 2.07 bits per heavy atom. The van der Waals surface area contributed by atoms with Crippen molar-refractivity contribution >= 4 is 34.9 Å². The highest BCUT2D eigenvalue weighted by atomic mass is 32.1. The molecule has 1 fully saturated rings. The average Bonchev–Trinajstić information content (AvgIpc) is 3.22. The van der Waals surface area contributed by atoms with E-state index in [9.17, 15) is 19.2 Å². The second-order valence-electron chi connectivity index (χ2n) is 6.67. The fraction of sp³-hybridized carbons (Fsp3) is 0.350. The summed E-state index contributed by atoms with van der Waals surface area (Å²) < 4.78 is 5.21. The minimum absolute atomic E-state index is 0.0670. The number of ether oxygens (including phenoxy) is 1. The lowest BCUT2D eigenvalue weighted by Crippen LogP contribution is -2.37. The number of carbonyl (C=O) groups excluding carboxylic acids is 4. The van der Waals surface area contributed by atoms with E-state index in [2.05, 4.69) is 15.6 Å². The van der Waals surface area contributed by atoms with Gasteiger partial charge in [0, 0.05) is 25.1 Å². The predicted molar refractivity (Wildman–Crippen MR) is 105 cm³/mol. The molecule has 2 unspecified atom stereocenters. The Balaban J connectivity index is 1.65. The third-order valence-electron chi connectivity index (χ3n) is 4.59. The molecular formula is C20H21N3O5S. The van der Waals surface area contributed by atoms with Crippen molar-refractivity contribution in [1.29, 1.82) is 0 Å². The lowest BCUT2D eigenvalue weighted by molar-refractivity contribution is -0.140. The molecule has 0 saturated carbocycles. The number of aromatic nitrogens is 1. The van der Waals surface area contributed by atoms with E-state index in [1.807, 2.05) is 30.3 Å². The molecule has 1 aliphatic heterocycles. The van der Waals surface area contributed by atoms with Crippen LogP contribution in [0.5, 0.6) is 0 Å². The molecule has 2 atom stereocenters. The standard InChI is InChI=1S/C20H21N3O5S/c24-15(9-14-7-4-8-22-19(26)18(14)25)17(16-10-21-12-29-16)23-20(27)28-11-13-5-2-1-3-6-13/h1-3,5-6,10,12,14,17H,4,7-9,11H2,(H,22,26)(H,23,27). The van der Waals surface area contributed by atoms with Gasteiger partial charge in [-0.25, -0.2) is 4.79 Å². The van der Waals surface area contributed by atoms with Gasteiger partial charge in [0.2, 0.25) is 5.78 Å². The van der Waals surface area contributed by atoms with Gasteiger partial charge in [-0.1, -0.05) is 30.3 Å². The highest BCUT2D eigenvalue weighted by Crippen LogP contribution is 2.24. The van der Waals surface area contributed by atoms with E-state index < -0.39 is 29.7 Å². The topological polar surface area (TPSA) is 114 Å². The normalized spacial score (nSPS) is 17.7. The number of Topliss-reactive ketones (excluding diaryl/α,β-unsaturated/α-hetero) is 2. The van der Waals surface area contributed by atoms with Crippen LogP contribution in [0.15, 0.2) is 42.0 Å². The van der Waals surface area contributed by atoms with Gasteiger partial charge in [-0.2, -0.15) is 0 Å². The maximum absolute atomic E-state index is 12.9. The van der Waals surface area contributed by atoms with Crippen molar-refractivity contribution in [2.75, 3.05) is 6.54 Å². The van der Waals surface area contributed by atoms with Crippen molar-refractivity contribution in [2.24, 2.45) is 5.92 Å². The Kier molecular flexibility index (Phi) is 7.07. The van der Waals surface area contributed by atoms with Gasteiger partial charge >= 0.3 is 6.09 Å². The van der Waals surface area contributed by atoms with Crippen LogP contribution in [0, 0.1) is 5.92 Å². The molecule has 2 amide bonds. The minimum Gasteiger partial charge on any atom is -0.445 e. The summed E-state index contributed by atoms with van der Waals surface area (Å²) in [5.74, 6) is -2.31. The first-order valence-corrected chi connectivity index (χ1v) is 10.1. The number of alkyl carbamates (subject to hydrolysis) is 1. The maximum Gasteiger partial charge on any atom is 0.408 e. The van der Waals surface area contributed by atoms with Crippen LogP contribution < -0.4 is 10.6 Å². The van der Waals surface area contributed by atoms with Gasteiger partial charge in [0.25, 0.3) is 5.91 Å². The van der Waals surface area contributed by atoms with Gasteiger partial charge in [-0.05, 0) is 18.4 Å². The van der Waals surface area contributed by atoms with E-state index in [-0.39, 0.29) is 18.8 Å². The van der Waals surface area contributed by atoms with Gasteiger partial charge in [-0.15, -0.1) is 11.3 Å². The summed E-state index contributed by atoms with van der Waals surface area (Å²) in [5.41, 5.74) is 2.37. The fourth-order valence-corrected chi connectivity index (χ4v) is 3.76. The van der Waals surface area contributed by atoms with Crippen molar-refractivity contribution in [1.82, 2.24) is 15.6 Å². The molecule has 1 saturated heterocycles. The van der Waals surface area contributed by atoms with Gasteiger partial charge in [-0.3, -0.25) is 19.4 Å². The molecule has 0 radical (unpaired) electrons. The lowest BCUT2D eigenvalue weighted by Gasteiger charge is -2.18. The number of ketones is 2. The Labute approximate surface area is 171 Å². The van der Waals surface area contributed by atoms with E-state index >= 15 is 0 Å². The second kappa shape index (κ2) is 9.92. The molecule has 9 heteroatoms. The monoisotopic (exact) mass is 415 g/mol. The van der Waals surface area contributed by atoms with E-state index in [4.69, 9.17) is 4.74 Å². The third-order valence-corrected chi connectivity index (χ3v) is 5.43. The second-order valence-corrected chi connectivity index (χ2v) is 7.59. The summed E-state index contributed by atoms with van der Waals surface area (Å²) in [5, 5.41) is 5.09. The average molecular weight is 415 g/mol. The Hall–Kier alpha value is -3.07. The molecule has 1 aromatic carbocycles. The van der Waals surface area contributed by atoms with Crippen LogP contribution in [0.2, 0.25) is 0 Å². The largest absolute Gasteiger partial charge is 0.445 e. The molecule has 1 aliphatic rings. The number of thiazole rings is 1. The maximum atomic E-state index is 12.9. The molecule has 3 rings (SSSR count). The molecule has 2 heterocycles. The summed E-state index contributed by atoms with van der Waals surface area (Å²) >= 11 is 1.22. The smallest absolute Gasteiger partial charge is 0.408 e. The first kappa shape index (κ1) is 20.7. The zero-order chi connectivity index (χ0) is 20.6. The van der Waals surface area contributed by atoms with Gasteiger partial charge in [0.15, 0.2) is 5.78 Å². The molecular weight excluding hydrogens is 394 g/mol. The molecule has 8 nitrogen and oxygen atoms in total. The molecule has 2 N–H and O–H groups in total. The van der Waals surface area contributed by atoms with Crippen LogP contribution in [0.25, 0.3) is 0 Å². The number of amides is 2. The molecule has 0 spiro atoms.